The second-order valence-electron chi connectivity index (χ2n) is 23.2. The summed E-state index contributed by atoms with van der Waals surface area (Å²) >= 11 is 0. The zero-order valence-corrected chi connectivity index (χ0v) is 50.1. The SMILES string of the molecule is CCCCC/C=C\C/C=C\CCCCCCCC(=O)OCCCCCCCCCCCCCCCCCCCCCCCCCCCCCCC(=O)N[C@@H](CO)[C@H](O)CCCCCCCCCCCCCCCC. The maximum absolute atomic E-state index is 12.5. The Labute approximate surface area is 462 Å². The number of unbranched alkanes of at least 4 members (excludes halogenated alkanes) is 48. The van der Waals surface area contributed by atoms with E-state index in [0.29, 0.717) is 25.9 Å². The van der Waals surface area contributed by atoms with E-state index in [2.05, 4.69) is 43.5 Å². The minimum Gasteiger partial charge on any atom is -0.466 e. The molecule has 0 aromatic heterocycles. The van der Waals surface area contributed by atoms with E-state index < -0.39 is 12.1 Å². The second kappa shape index (κ2) is 63.9. The van der Waals surface area contributed by atoms with Gasteiger partial charge in [0.15, 0.2) is 0 Å². The third-order valence-electron chi connectivity index (χ3n) is 15.8. The van der Waals surface area contributed by atoms with E-state index in [-0.39, 0.29) is 18.5 Å². The number of ether oxygens (including phenoxy) is 1. The number of hydrogen-bond acceptors (Lipinski definition) is 5. The smallest absolute Gasteiger partial charge is 0.305 e. The molecule has 2 atom stereocenters. The first-order valence-corrected chi connectivity index (χ1v) is 33.6. The van der Waals surface area contributed by atoms with Gasteiger partial charge in [-0.15, -0.1) is 0 Å². The largest absolute Gasteiger partial charge is 0.466 e. The maximum atomic E-state index is 12.5. The highest BCUT2D eigenvalue weighted by molar-refractivity contribution is 5.76. The highest BCUT2D eigenvalue weighted by Crippen LogP contribution is 2.19. The fourth-order valence-corrected chi connectivity index (χ4v) is 10.6. The van der Waals surface area contributed by atoms with E-state index >= 15 is 0 Å². The van der Waals surface area contributed by atoms with Crippen LogP contribution >= 0.6 is 0 Å². The summed E-state index contributed by atoms with van der Waals surface area (Å²) < 4.78 is 5.49. The predicted octanol–water partition coefficient (Wildman–Crippen LogP) is 21.4. The predicted molar refractivity (Wildman–Crippen MR) is 324 cm³/mol. The fraction of sp³-hybridized carbons (Fsp3) is 0.912. The monoisotopic (exact) mass is 1040 g/mol. The number of allylic oxidation sites excluding steroid dienone is 4. The minimum absolute atomic E-state index is 0.00523. The number of aliphatic hydroxyl groups is 2. The minimum atomic E-state index is -0.661. The summed E-state index contributed by atoms with van der Waals surface area (Å²) in [7, 11) is 0. The van der Waals surface area contributed by atoms with E-state index in [1.165, 1.54) is 289 Å². The summed E-state index contributed by atoms with van der Waals surface area (Å²) in [4.78, 5) is 24.6. The molecule has 0 aliphatic carbocycles. The quantitative estimate of drug-likeness (QED) is 0.0320. The molecule has 438 valence electrons. The molecule has 0 radical (unpaired) electrons. The van der Waals surface area contributed by atoms with Crippen LogP contribution in [-0.4, -0.2) is 47.4 Å². The van der Waals surface area contributed by atoms with Crippen LogP contribution in [0, 0.1) is 0 Å². The summed E-state index contributed by atoms with van der Waals surface area (Å²) in [6.45, 7) is 4.95. The van der Waals surface area contributed by atoms with Crippen LogP contribution in [0.15, 0.2) is 24.3 Å². The topological polar surface area (TPSA) is 95.9 Å². The molecule has 0 bridgehead atoms. The summed E-state index contributed by atoms with van der Waals surface area (Å²) in [6, 6.07) is -0.538. The van der Waals surface area contributed by atoms with Gasteiger partial charge in [-0.1, -0.05) is 327 Å². The lowest BCUT2D eigenvalue weighted by Crippen LogP contribution is -2.45. The highest BCUT2D eigenvalue weighted by atomic mass is 16.5. The highest BCUT2D eigenvalue weighted by Gasteiger charge is 2.20. The standard InChI is InChI=1S/C68H131NO5/c1-3-5-7-9-11-13-15-17-33-38-42-46-50-54-58-62-68(73)74-63-59-55-51-47-43-39-35-32-30-28-26-24-22-20-19-21-23-25-27-29-31-34-37-41-45-49-53-57-61-67(72)69-65(64-70)66(71)60-56-52-48-44-40-36-18-16-14-12-10-8-6-4-2/h11,13,17,33,65-66,70-71H,3-10,12,14-16,18-32,34-64H2,1-2H3,(H,69,72)/b13-11-,33-17-/t65-,66+/m0/s1. The van der Waals surface area contributed by atoms with Gasteiger partial charge in [0.2, 0.25) is 5.91 Å². The van der Waals surface area contributed by atoms with E-state index in [0.717, 1.165) is 51.4 Å². The molecule has 0 spiro atoms. The van der Waals surface area contributed by atoms with Crippen molar-refractivity contribution in [2.45, 2.75) is 386 Å². The van der Waals surface area contributed by atoms with Crippen LogP contribution in [0.1, 0.15) is 373 Å². The van der Waals surface area contributed by atoms with Crippen molar-refractivity contribution in [1.29, 1.82) is 0 Å². The van der Waals surface area contributed by atoms with Crippen molar-refractivity contribution in [1.82, 2.24) is 5.32 Å². The van der Waals surface area contributed by atoms with Gasteiger partial charge in [0.25, 0.3) is 0 Å². The van der Waals surface area contributed by atoms with Crippen LogP contribution in [-0.2, 0) is 14.3 Å². The van der Waals surface area contributed by atoms with Crippen LogP contribution < -0.4 is 5.32 Å². The number of nitrogens with one attached hydrogen (secondary N) is 1. The van der Waals surface area contributed by atoms with Crippen LogP contribution in [0.4, 0.5) is 0 Å². The molecule has 0 fully saturated rings. The van der Waals surface area contributed by atoms with Crippen LogP contribution in [0.5, 0.6) is 0 Å². The fourth-order valence-electron chi connectivity index (χ4n) is 10.6. The van der Waals surface area contributed by atoms with Crippen molar-refractivity contribution in [2.75, 3.05) is 13.2 Å². The number of carbonyl (C=O) groups excluding carboxylic acids is 2. The van der Waals surface area contributed by atoms with Gasteiger partial charge >= 0.3 is 5.97 Å². The lowest BCUT2D eigenvalue weighted by Gasteiger charge is -2.22. The molecule has 6 heteroatoms. The van der Waals surface area contributed by atoms with Gasteiger partial charge in [-0.2, -0.15) is 0 Å². The van der Waals surface area contributed by atoms with Crippen molar-refractivity contribution in [3.8, 4) is 0 Å². The Kier molecular flexibility index (Phi) is 62.4. The third-order valence-corrected chi connectivity index (χ3v) is 15.8. The van der Waals surface area contributed by atoms with Crippen molar-refractivity contribution >= 4 is 11.9 Å². The molecule has 0 saturated heterocycles. The lowest BCUT2D eigenvalue weighted by atomic mass is 10.0. The first-order valence-electron chi connectivity index (χ1n) is 33.6. The van der Waals surface area contributed by atoms with Crippen molar-refractivity contribution in [3.05, 3.63) is 24.3 Å². The average Bonchev–Trinajstić information content (AvgIpc) is 3.40. The average molecular weight is 1040 g/mol. The van der Waals surface area contributed by atoms with E-state index in [1.807, 2.05) is 0 Å². The van der Waals surface area contributed by atoms with E-state index in [1.54, 1.807) is 0 Å². The Morgan fingerprint density at radius 1 is 0.378 bits per heavy atom. The number of hydrogen-bond donors (Lipinski definition) is 3. The van der Waals surface area contributed by atoms with Crippen molar-refractivity contribution in [2.24, 2.45) is 0 Å². The van der Waals surface area contributed by atoms with Gasteiger partial charge in [0.05, 0.1) is 25.4 Å². The molecule has 0 aromatic rings. The van der Waals surface area contributed by atoms with Gasteiger partial charge in [0, 0.05) is 12.8 Å². The number of esters is 1. The van der Waals surface area contributed by atoms with E-state index in [9.17, 15) is 19.8 Å². The number of rotatable bonds is 63. The molecular formula is C68H131NO5. The third kappa shape index (κ3) is 59.6. The van der Waals surface area contributed by atoms with Gasteiger partial charge < -0.3 is 20.3 Å². The first kappa shape index (κ1) is 72.3. The lowest BCUT2D eigenvalue weighted by molar-refractivity contribution is -0.143. The Hall–Kier alpha value is -1.66. The summed E-state index contributed by atoms with van der Waals surface area (Å²) in [6.07, 6.45) is 79.3. The maximum Gasteiger partial charge on any atom is 0.305 e. The molecule has 0 rings (SSSR count). The van der Waals surface area contributed by atoms with Crippen LogP contribution in [0.3, 0.4) is 0 Å². The number of carbonyl (C=O) groups is 2. The number of aliphatic hydroxyl groups excluding tert-OH is 2. The summed E-state index contributed by atoms with van der Waals surface area (Å²) in [5.41, 5.74) is 0. The molecule has 0 aliphatic rings. The molecule has 0 unspecified atom stereocenters. The van der Waals surface area contributed by atoms with Crippen LogP contribution in [0.2, 0.25) is 0 Å². The molecule has 3 N–H and O–H groups in total. The Bertz CT molecular complexity index is 1150. The van der Waals surface area contributed by atoms with E-state index in [4.69, 9.17) is 4.74 Å². The molecule has 6 nitrogen and oxygen atoms in total. The second-order valence-corrected chi connectivity index (χ2v) is 23.2. The Balaban J connectivity index is 3.33. The molecule has 0 aliphatic heterocycles. The summed E-state index contributed by atoms with van der Waals surface area (Å²) in [5, 5.41) is 23.3. The molecule has 1 amide bonds. The molecule has 0 saturated carbocycles. The van der Waals surface area contributed by atoms with Crippen LogP contribution in [0.25, 0.3) is 0 Å². The molecule has 0 aromatic carbocycles. The van der Waals surface area contributed by atoms with Gasteiger partial charge in [-0.3, -0.25) is 9.59 Å². The Morgan fingerprint density at radius 3 is 1.05 bits per heavy atom. The van der Waals surface area contributed by atoms with Crippen molar-refractivity contribution < 1.29 is 24.5 Å². The van der Waals surface area contributed by atoms with Crippen molar-refractivity contribution in [3.63, 3.8) is 0 Å². The number of amides is 1. The molecule has 0 heterocycles. The van der Waals surface area contributed by atoms with Gasteiger partial charge in [0.1, 0.15) is 0 Å². The van der Waals surface area contributed by atoms with Gasteiger partial charge in [-0.05, 0) is 57.8 Å². The Morgan fingerprint density at radius 2 is 0.676 bits per heavy atom. The summed E-state index contributed by atoms with van der Waals surface area (Å²) in [5.74, 6) is -0.0245. The first-order chi connectivity index (χ1) is 36.5. The zero-order valence-electron chi connectivity index (χ0n) is 50.1. The molecular weight excluding hydrogens is 911 g/mol. The normalized spacial score (nSPS) is 12.6. The molecule has 74 heavy (non-hydrogen) atoms. The van der Waals surface area contributed by atoms with Gasteiger partial charge in [-0.25, -0.2) is 0 Å². The zero-order chi connectivity index (χ0) is 53.6.